The van der Waals surface area contributed by atoms with Crippen LogP contribution in [0.3, 0.4) is 0 Å². The molecule has 2 aliphatic heterocycles. The summed E-state index contributed by atoms with van der Waals surface area (Å²) in [6.07, 6.45) is 1.27. The quantitative estimate of drug-likeness (QED) is 0.883. The van der Waals surface area contributed by atoms with Crippen molar-refractivity contribution in [2.24, 2.45) is 11.8 Å². The molecular weight excluding hydrogens is 331 g/mol. The molecule has 0 amide bonds. The van der Waals surface area contributed by atoms with Crippen LogP contribution in [0.2, 0.25) is 0 Å². The van der Waals surface area contributed by atoms with Crippen LogP contribution in [0.5, 0.6) is 0 Å². The number of hydrogen-bond donors (Lipinski definition) is 1. The van der Waals surface area contributed by atoms with Crippen molar-refractivity contribution >= 4 is 28.3 Å². The molecule has 2 saturated heterocycles. The van der Waals surface area contributed by atoms with Crippen molar-refractivity contribution in [3.05, 3.63) is 34.1 Å². The van der Waals surface area contributed by atoms with E-state index >= 15 is 0 Å². The van der Waals surface area contributed by atoms with Gasteiger partial charge in [0.25, 0.3) is 0 Å². The van der Waals surface area contributed by atoms with Crippen LogP contribution >= 0.6 is 28.3 Å². The Morgan fingerprint density at radius 1 is 1.32 bits per heavy atom. The number of piperidine rings is 1. The van der Waals surface area contributed by atoms with Crippen LogP contribution in [0.25, 0.3) is 0 Å². The smallest absolute Gasteiger partial charge is 0.137 e. The molecule has 2 fully saturated rings. The number of rotatable bonds is 2. The van der Waals surface area contributed by atoms with Crippen molar-refractivity contribution in [1.29, 1.82) is 0 Å². The molecule has 0 saturated carbocycles. The molecule has 2 unspecified atom stereocenters. The van der Waals surface area contributed by atoms with Gasteiger partial charge >= 0.3 is 0 Å². The van der Waals surface area contributed by atoms with Crippen molar-refractivity contribution in [3.63, 3.8) is 0 Å². The third-order valence-corrected chi connectivity index (χ3v) is 4.82. The van der Waals surface area contributed by atoms with Crippen LogP contribution in [0.4, 0.5) is 4.39 Å². The van der Waals surface area contributed by atoms with Crippen LogP contribution in [-0.2, 0) is 6.54 Å². The molecule has 19 heavy (non-hydrogen) atoms. The number of hydrogen-bond acceptors (Lipinski definition) is 2. The molecule has 1 aromatic rings. The lowest BCUT2D eigenvalue weighted by atomic mass is 9.88. The highest BCUT2D eigenvalue weighted by Gasteiger charge is 2.32. The Hall–Kier alpha value is -0.160. The minimum absolute atomic E-state index is 0. The van der Waals surface area contributed by atoms with Gasteiger partial charge < -0.3 is 5.32 Å². The summed E-state index contributed by atoms with van der Waals surface area (Å²) >= 11 is 3.19. The molecule has 2 aliphatic rings. The molecule has 1 aromatic carbocycles. The van der Waals surface area contributed by atoms with E-state index in [2.05, 4.69) is 26.1 Å². The number of fused-ring (bicyclic) bond motifs is 1. The van der Waals surface area contributed by atoms with Crippen molar-refractivity contribution in [3.8, 4) is 0 Å². The molecule has 0 aromatic heterocycles. The van der Waals surface area contributed by atoms with E-state index in [4.69, 9.17) is 0 Å². The Balaban J connectivity index is 0.00000133. The van der Waals surface area contributed by atoms with Crippen LogP contribution in [0.15, 0.2) is 22.7 Å². The van der Waals surface area contributed by atoms with E-state index < -0.39 is 0 Å². The van der Waals surface area contributed by atoms with Crippen molar-refractivity contribution in [2.75, 3.05) is 26.2 Å². The highest BCUT2D eigenvalue weighted by molar-refractivity contribution is 9.10. The van der Waals surface area contributed by atoms with Gasteiger partial charge in [-0.2, -0.15) is 0 Å². The third-order valence-electron chi connectivity index (χ3n) is 4.18. The topological polar surface area (TPSA) is 15.3 Å². The summed E-state index contributed by atoms with van der Waals surface area (Å²) in [4.78, 5) is 2.46. The fourth-order valence-corrected chi connectivity index (χ4v) is 3.40. The summed E-state index contributed by atoms with van der Waals surface area (Å²) in [5, 5.41) is 3.47. The van der Waals surface area contributed by atoms with E-state index in [1.54, 1.807) is 12.1 Å². The van der Waals surface area contributed by atoms with Crippen LogP contribution in [-0.4, -0.2) is 31.1 Å². The standard InChI is InChI=1S/C14H18BrFN2.ClH/c15-13-2-1-10(5-14(13)16)8-18-4-3-11-6-17-7-12(11)9-18;/h1-2,5,11-12,17H,3-4,6-9H2;1H. The number of benzene rings is 1. The molecule has 0 aliphatic carbocycles. The van der Waals surface area contributed by atoms with Gasteiger partial charge in [-0.3, -0.25) is 4.90 Å². The van der Waals surface area contributed by atoms with E-state index in [0.717, 1.165) is 43.6 Å². The summed E-state index contributed by atoms with van der Waals surface area (Å²) in [7, 11) is 0. The summed E-state index contributed by atoms with van der Waals surface area (Å²) in [6.45, 7) is 5.49. The summed E-state index contributed by atoms with van der Waals surface area (Å²) in [5.74, 6) is 1.49. The zero-order chi connectivity index (χ0) is 12.5. The molecule has 2 heterocycles. The SMILES string of the molecule is Cl.Fc1cc(CN2CCC3CNCC3C2)ccc1Br. The molecule has 0 radical (unpaired) electrons. The minimum atomic E-state index is -0.162. The fourth-order valence-electron chi connectivity index (χ4n) is 3.15. The lowest BCUT2D eigenvalue weighted by Gasteiger charge is -2.34. The Bertz CT molecular complexity index is 443. The first kappa shape index (κ1) is 15.2. The summed E-state index contributed by atoms with van der Waals surface area (Å²) in [6, 6.07) is 5.45. The first-order valence-corrected chi connectivity index (χ1v) is 7.38. The minimum Gasteiger partial charge on any atom is -0.316 e. The number of halogens is 3. The van der Waals surface area contributed by atoms with Gasteiger partial charge in [-0.15, -0.1) is 12.4 Å². The molecule has 5 heteroatoms. The molecule has 2 atom stereocenters. The van der Waals surface area contributed by atoms with E-state index in [9.17, 15) is 4.39 Å². The van der Waals surface area contributed by atoms with Crippen molar-refractivity contribution in [1.82, 2.24) is 10.2 Å². The van der Waals surface area contributed by atoms with Crippen LogP contribution in [0, 0.1) is 17.7 Å². The monoisotopic (exact) mass is 348 g/mol. The molecule has 3 rings (SSSR count). The Kier molecular flexibility index (Phi) is 5.23. The maximum atomic E-state index is 13.5. The first-order valence-electron chi connectivity index (χ1n) is 6.59. The van der Waals surface area contributed by atoms with Gasteiger partial charge in [-0.1, -0.05) is 6.07 Å². The maximum absolute atomic E-state index is 13.5. The maximum Gasteiger partial charge on any atom is 0.137 e. The van der Waals surface area contributed by atoms with E-state index in [1.165, 1.54) is 13.0 Å². The second-order valence-electron chi connectivity index (χ2n) is 5.45. The normalized spacial score (nSPS) is 26.8. The largest absolute Gasteiger partial charge is 0.316 e. The lowest BCUT2D eigenvalue weighted by Crippen LogP contribution is -2.39. The van der Waals surface area contributed by atoms with Crippen molar-refractivity contribution < 1.29 is 4.39 Å². The van der Waals surface area contributed by atoms with Gasteiger partial charge in [0.15, 0.2) is 0 Å². The van der Waals surface area contributed by atoms with Gasteiger partial charge in [-0.05, 0) is 71.5 Å². The third kappa shape index (κ3) is 3.48. The zero-order valence-corrected chi connectivity index (χ0v) is 13.1. The van der Waals surface area contributed by atoms with E-state index in [-0.39, 0.29) is 18.2 Å². The van der Waals surface area contributed by atoms with Gasteiger partial charge in [0.2, 0.25) is 0 Å². The van der Waals surface area contributed by atoms with E-state index in [0.29, 0.717) is 4.47 Å². The van der Waals surface area contributed by atoms with Crippen LogP contribution < -0.4 is 5.32 Å². The predicted octanol–water partition coefficient (Wildman–Crippen LogP) is 3.05. The Labute approximate surface area is 128 Å². The average molecular weight is 350 g/mol. The molecule has 0 spiro atoms. The zero-order valence-electron chi connectivity index (χ0n) is 10.7. The summed E-state index contributed by atoms with van der Waals surface area (Å²) in [5.41, 5.74) is 1.07. The number of nitrogens with zero attached hydrogens (tertiary/aromatic N) is 1. The molecule has 2 nitrogen and oxygen atoms in total. The van der Waals surface area contributed by atoms with Gasteiger partial charge in [0, 0.05) is 13.1 Å². The predicted molar refractivity (Wildman–Crippen MR) is 81.1 cm³/mol. The highest BCUT2D eigenvalue weighted by atomic mass is 79.9. The molecular formula is C14H19BrClFN2. The molecule has 1 N–H and O–H groups in total. The summed E-state index contributed by atoms with van der Waals surface area (Å²) < 4.78 is 14.0. The highest BCUT2D eigenvalue weighted by Crippen LogP contribution is 2.27. The second-order valence-corrected chi connectivity index (χ2v) is 6.30. The first-order chi connectivity index (χ1) is 8.72. The fraction of sp³-hybridized carbons (Fsp3) is 0.571. The Morgan fingerprint density at radius 2 is 2.11 bits per heavy atom. The van der Waals surface area contributed by atoms with Crippen molar-refractivity contribution in [2.45, 2.75) is 13.0 Å². The van der Waals surface area contributed by atoms with E-state index in [1.807, 2.05) is 6.07 Å². The molecule has 0 bridgehead atoms. The van der Waals surface area contributed by atoms with Crippen LogP contribution in [0.1, 0.15) is 12.0 Å². The molecule has 106 valence electrons. The number of likely N-dealkylation sites (tertiary alicyclic amines) is 1. The number of nitrogens with one attached hydrogen (secondary N) is 1. The van der Waals surface area contributed by atoms with Gasteiger partial charge in [-0.25, -0.2) is 4.39 Å². The van der Waals surface area contributed by atoms with Gasteiger partial charge in [0.05, 0.1) is 4.47 Å². The lowest BCUT2D eigenvalue weighted by molar-refractivity contribution is 0.142. The van der Waals surface area contributed by atoms with Gasteiger partial charge in [0.1, 0.15) is 5.82 Å². The second kappa shape index (κ2) is 6.53. The average Bonchev–Trinajstić information content (AvgIpc) is 2.81. The Morgan fingerprint density at radius 3 is 2.89 bits per heavy atom.